The molecule has 106 valence electrons. The van der Waals surface area contributed by atoms with E-state index >= 15 is 0 Å². The van der Waals surface area contributed by atoms with Gasteiger partial charge in [0.15, 0.2) is 0 Å². The van der Waals surface area contributed by atoms with Crippen LogP contribution in [0.3, 0.4) is 0 Å². The second-order valence-corrected chi connectivity index (χ2v) is 4.90. The van der Waals surface area contributed by atoms with Crippen LogP contribution in [0.4, 0.5) is 0 Å². The zero-order chi connectivity index (χ0) is 14.0. The van der Waals surface area contributed by atoms with Gasteiger partial charge in [0.2, 0.25) is 0 Å². The molecule has 2 nitrogen and oxygen atoms in total. The van der Waals surface area contributed by atoms with Crippen LogP contribution in [0.5, 0.6) is 0 Å². The maximum Gasteiger partial charge on any atom is 0.0193 e. The van der Waals surface area contributed by atoms with Gasteiger partial charge in [-0.3, -0.25) is 4.90 Å². The first-order valence-corrected chi connectivity index (χ1v) is 7.35. The van der Waals surface area contributed by atoms with E-state index < -0.39 is 0 Å². The van der Waals surface area contributed by atoms with E-state index in [2.05, 4.69) is 56.3 Å². The molecule has 1 unspecified atom stereocenters. The highest BCUT2D eigenvalue weighted by molar-refractivity contribution is 5.11. The van der Waals surface area contributed by atoms with E-state index in [4.69, 9.17) is 0 Å². The van der Waals surface area contributed by atoms with Gasteiger partial charge in [-0.25, -0.2) is 0 Å². The maximum atomic E-state index is 3.36. The fourth-order valence-corrected chi connectivity index (χ4v) is 2.32. The zero-order valence-electron chi connectivity index (χ0n) is 13.2. The molecule has 1 heterocycles. The normalized spacial score (nSPS) is 23.0. The van der Waals surface area contributed by atoms with Gasteiger partial charge in [0, 0.05) is 19.1 Å². The molecular formula is C16H32N2. The highest BCUT2D eigenvalue weighted by Crippen LogP contribution is 2.20. The Balaban J connectivity index is 0.00000137. The van der Waals surface area contributed by atoms with Crippen molar-refractivity contribution < 1.29 is 0 Å². The summed E-state index contributed by atoms with van der Waals surface area (Å²) in [6, 6.07) is 0.643. The molecule has 0 spiro atoms. The van der Waals surface area contributed by atoms with Crippen LogP contribution in [0.1, 0.15) is 41.0 Å². The van der Waals surface area contributed by atoms with Gasteiger partial charge >= 0.3 is 0 Å². The number of nitrogens with one attached hydrogen (secondary N) is 1. The van der Waals surface area contributed by atoms with Crippen molar-refractivity contribution in [1.29, 1.82) is 0 Å². The second kappa shape index (κ2) is 10.3. The third-order valence-electron chi connectivity index (χ3n) is 3.52. The summed E-state index contributed by atoms with van der Waals surface area (Å²) in [7, 11) is 2.06. The van der Waals surface area contributed by atoms with Crippen molar-refractivity contribution in [3.05, 3.63) is 23.8 Å². The molecule has 0 amide bonds. The average Bonchev–Trinajstić information content (AvgIpc) is 2.86. The van der Waals surface area contributed by atoms with Crippen molar-refractivity contribution in [2.24, 2.45) is 5.92 Å². The Morgan fingerprint density at radius 3 is 2.67 bits per heavy atom. The van der Waals surface area contributed by atoms with Crippen LogP contribution < -0.4 is 5.32 Å². The van der Waals surface area contributed by atoms with Crippen LogP contribution in [0, 0.1) is 5.92 Å². The highest BCUT2D eigenvalue weighted by Gasteiger charge is 2.25. The molecule has 2 atom stereocenters. The number of hydrogen-bond acceptors (Lipinski definition) is 2. The van der Waals surface area contributed by atoms with Crippen LogP contribution in [0.15, 0.2) is 23.8 Å². The van der Waals surface area contributed by atoms with E-state index in [9.17, 15) is 0 Å². The van der Waals surface area contributed by atoms with E-state index in [1.807, 2.05) is 13.8 Å². The first-order chi connectivity index (χ1) is 8.67. The van der Waals surface area contributed by atoms with E-state index in [0.29, 0.717) is 6.04 Å². The molecule has 1 saturated heterocycles. The predicted octanol–water partition coefficient (Wildman–Crippen LogP) is 3.46. The minimum absolute atomic E-state index is 0.643. The Kier molecular flexibility index (Phi) is 9.99. The summed E-state index contributed by atoms with van der Waals surface area (Å²) in [5.41, 5.74) is 1.45. The Morgan fingerprint density at radius 1 is 1.44 bits per heavy atom. The molecule has 0 aromatic carbocycles. The largest absolute Gasteiger partial charge is 0.317 e. The molecular weight excluding hydrogens is 220 g/mol. The minimum atomic E-state index is 0.643. The van der Waals surface area contributed by atoms with Crippen molar-refractivity contribution in [3.63, 3.8) is 0 Å². The van der Waals surface area contributed by atoms with Crippen molar-refractivity contribution >= 4 is 0 Å². The zero-order valence-corrected chi connectivity index (χ0v) is 13.2. The van der Waals surface area contributed by atoms with Gasteiger partial charge in [0.25, 0.3) is 0 Å². The smallest absolute Gasteiger partial charge is 0.0193 e. The Hall–Kier alpha value is -0.600. The Labute approximate surface area is 114 Å². The SMILES string of the molecule is C/C=C\C=C(/C)CN1CCC([C@H](C)NC)C1.CC. The molecule has 1 N–H and O–H groups in total. The third kappa shape index (κ3) is 6.36. The molecule has 0 radical (unpaired) electrons. The molecule has 1 aliphatic rings. The Bertz CT molecular complexity index is 256. The van der Waals surface area contributed by atoms with Gasteiger partial charge in [0.05, 0.1) is 0 Å². The lowest BCUT2D eigenvalue weighted by Gasteiger charge is -2.20. The molecule has 0 bridgehead atoms. The predicted molar refractivity (Wildman–Crippen MR) is 83.0 cm³/mol. The van der Waals surface area contributed by atoms with Gasteiger partial charge in [0.1, 0.15) is 0 Å². The van der Waals surface area contributed by atoms with E-state index in [1.165, 1.54) is 25.1 Å². The molecule has 1 fully saturated rings. The summed E-state index contributed by atoms with van der Waals surface area (Å²) >= 11 is 0. The third-order valence-corrected chi connectivity index (χ3v) is 3.52. The van der Waals surface area contributed by atoms with Crippen LogP contribution in [-0.4, -0.2) is 37.6 Å². The molecule has 0 aliphatic carbocycles. The van der Waals surface area contributed by atoms with Gasteiger partial charge in [-0.2, -0.15) is 0 Å². The molecule has 1 rings (SSSR count). The van der Waals surface area contributed by atoms with Crippen molar-refractivity contribution in [3.8, 4) is 0 Å². The lowest BCUT2D eigenvalue weighted by molar-refractivity contribution is 0.329. The number of rotatable bonds is 5. The maximum absolute atomic E-state index is 3.36. The number of hydrogen-bond donors (Lipinski definition) is 1. The summed E-state index contributed by atoms with van der Waals surface area (Å²) in [4.78, 5) is 2.56. The minimum Gasteiger partial charge on any atom is -0.317 e. The summed E-state index contributed by atoms with van der Waals surface area (Å²) in [5, 5.41) is 3.36. The lowest BCUT2D eigenvalue weighted by Crippen LogP contribution is -2.33. The highest BCUT2D eigenvalue weighted by atomic mass is 15.1. The van der Waals surface area contributed by atoms with Crippen molar-refractivity contribution in [1.82, 2.24) is 10.2 Å². The first kappa shape index (κ1) is 17.4. The summed E-state index contributed by atoms with van der Waals surface area (Å²) in [6.45, 7) is 14.2. The van der Waals surface area contributed by atoms with Crippen LogP contribution in [-0.2, 0) is 0 Å². The molecule has 0 aromatic heterocycles. The fourth-order valence-electron chi connectivity index (χ4n) is 2.32. The molecule has 1 aliphatic heterocycles. The number of likely N-dealkylation sites (tertiary alicyclic amines) is 1. The van der Waals surface area contributed by atoms with Gasteiger partial charge in [-0.15, -0.1) is 0 Å². The monoisotopic (exact) mass is 252 g/mol. The van der Waals surface area contributed by atoms with E-state index in [-0.39, 0.29) is 0 Å². The van der Waals surface area contributed by atoms with Gasteiger partial charge in [-0.1, -0.05) is 37.6 Å². The summed E-state index contributed by atoms with van der Waals surface area (Å²) < 4.78 is 0. The molecule has 2 heteroatoms. The number of allylic oxidation sites excluding steroid dienone is 3. The van der Waals surface area contributed by atoms with Crippen LogP contribution in [0.2, 0.25) is 0 Å². The van der Waals surface area contributed by atoms with Gasteiger partial charge < -0.3 is 5.32 Å². The Morgan fingerprint density at radius 2 is 2.11 bits per heavy atom. The fraction of sp³-hybridized carbons (Fsp3) is 0.750. The quantitative estimate of drug-likeness (QED) is 0.754. The van der Waals surface area contributed by atoms with Gasteiger partial charge in [-0.05, 0) is 46.7 Å². The lowest BCUT2D eigenvalue weighted by atomic mass is 10.0. The van der Waals surface area contributed by atoms with Crippen LogP contribution in [0.25, 0.3) is 0 Å². The average molecular weight is 252 g/mol. The second-order valence-electron chi connectivity index (χ2n) is 4.90. The molecule has 18 heavy (non-hydrogen) atoms. The van der Waals surface area contributed by atoms with E-state index in [0.717, 1.165) is 12.5 Å². The number of nitrogens with zero attached hydrogens (tertiary/aromatic N) is 1. The topological polar surface area (TPSA) is 15.3 Å². The molecule has 0 saturated carbocycles. The summed E-state index contributed by atoms with van der Waals surface area (Å²) in [6.07, 6.45) is 7.76. The van der Waals surface area contributed by atoms with Crippen molar-refractivity contribution in [2.45, 2.75) is 47.1 Å². The molecule has 0 aromatic rings. The van der Waals surface area contributed by atoms with Crippen molar-refractivity contribution in [2.75, 3.05) is 26.7 Å². The first-order valence-electron chi connectivity index (χ1n) is 7.35. The van der Waals surface area contributed by atoms with Crippen LogP contribution >= 0.6 is 0 Å². The standard InChI is InChI=1S/C14H26N2.C2H6/c1-5-6-7-12(2)10-16-9-8-14(11-16)13(3)15-4;1-2/h5-7,13-15H,8-11H2,1-4H3;1-2H3/b6-5-,12-7+;/t13-,14?;/m0./s1. The summed E-state index contributed by atoms with van der Waals surface area (Å²) in [5.74, 6) is 0.819. The van der Waals surface area contributed by atoms with E-state index in [1.54, 1.807) is 0 Å².